The number of rotatable bonds is 1. The molecule has 1 heterocycles. The van der Waals surface area contributed by atoms with Gasteiger partial charge in [-0.15, -0.1) is 11.3 Å². The van der Waals surface area contributed by atoms with Crippen LogP contribution in [0.25, 0.3) is 10.1 Å². The van der Waals surface area contributed by atoms with Crippen molar-refractivity contribution in [2.24, 2.45) is 0 Å². The lowest BCUT2D eigenvalue weighted by molar-refractivity contribution is 0.419. The molecule has 0 aliphatic heterocycles. The predicted molar refractivity (Wildman–Crippen MR) is 65.8 cm³/mol. The van der Waals surface area contributed by atoms with Crippen LogP contribution >= 0.6 is 33.9 Å². The van der Waals surface area contributed by atoms with E-state index >= 15 is 0 Å². The maximum absolute atomic E-state index is 8.94. The van der Waals surface area contributed by atoms with E-state index in [1.807, 2.05) is 17.5 Å². The number of benzene rings is 1. The Hall–Kier alpha value is -0.800. The van der Waals surface area contributed by atoms with E-state index in [0.29, 0.717) is 11.3 Å². The minimum Gasteiger partial charge on any atom is -0.494 e. The maximum atomic E-state index is 8.94. The van der Waals surface area contributed by atoms with Crippen molar-refractivity contribution >= 4 is 44.0 Å². The van der Waals surface area contributed by atoms with Crippen molar-refractivity contribution < 1.29 is 4.74 Å². The summed E-state index contributed by atoms with van der Waals surface area (Å²) in [6.45, 7) is 0. The Balaban J connectivity index is 2.90. The summed E-state index contributed by atoms with van der Waals surface area (Å²) in [6, 6.07) is 6.05. The van der Waals surface area contributed by atoms with E-state index in [2.05, 4.69) is 28.7 Å². The molecule has 2 aromatic rings. The van der Waals surface area contributed by atoms with Crippen LogP contribution < -0.4 is 4.74 Å². The van der Waals surface area contributed by atoms with Gasteiger partial charge in [0.1, 0.15) is 6.07 Å². The first-order valence-corrected chi connectivity index (χ1v) is 5.87. The van der Waals surface area contributed by atoms with Crippen LogP contribution in [0, 0.1) is 14.9 Å². The number of thiophene rings is 1. The Kier molecular flexibility index (Phi) is 2.61. The lowest BCUT2D eigenvalue weighted by atomic mass is 10.2. The van der Waals surface area contributed by atoms with Gasteiger partial charge in [0, 0.05) is 8.96 Å². The van der Waals surface area contributed by atoms with Crippen molar-refractivity contribution in [1.82, 2.24) is 0 Å². The van der Waals surface area contributed by atoms with Gasteiger partial charge in [-0.25, -0.2) is 0 Å². The van der Waals surface area contributed by atoms with Crippen molar-refractivity contribution in [1.29, 1.82) is 5.26 Å². The average molecular weight is 315 g/mol. The molecule has 0 saturated carbocycles. The highest BCUT2D eigenvalue weighted by Crippen LogP contribution is 2.36. The first kappa shape index (κ1) is 9.74. The average Bonchev–Trinajstić information content (AvgIpc) is 2.66. The van der Waals surface area contributed by atoms with E-state index in [9.17, 15) is 0 Å². The molecule has 70 valence electrons. The smallest absolute Gasteiger partial charge is 0.154 e. The van der Waals surface area contributed by atoms with Crippen LogP contribution in [-0.4, -0.2) is 7.11 Å². The summed E-state index contributed by atoms with van der Waals surface area (Å²) in [7, 11) is 1.60. The Morgan fingerprint density at radius 2 is 2.36 bits per heavy atom. The number of hydrogen-bond donors (Lipinski definition) is 0. The standard InChI is InChI=1S/C10H6INOS/c1-13-9-6(5-12)4-8(11)7-2-3-14-10(7)9/h2-4H,1H3. The SMILES string of the molecule is COc1c(C#N)cc(I)c2ccsc12. The van der Waals surface area contributed by atoms with E-state index in [0.717, 1.165) is 13.7 Å². The first-order valence-electron chi connectivity index (χ1n) is 3.91. The zero-order valence-electron chi connectivity index (χ0n) is 7.37. The van der Waals surface area contributed by atoms with Gasteiger partial charge in [-0.05, 0) is 40.1 Å². The molecule has 0 radical (unpaired) electrons. The summed E-state index contributed by atoms with van der Waals surface area (Å²) in [6.07, 6.45) is 0. The van der Waals surface area contributed by atoms with Crippen LogP contribution in [0.2, 0.25) is 0 Å². The molecule has 0 unspecified atom stereocenters. The van der Waals surface area contributed by atoms with Gasteiger partial charge >= 0.3 is 0 Å². The second kappa shape index (κ2) is 3.75. The Morgan fingerprint density at radius 1 is 1.57 bits per heavy atom. The van der Waals surface area contributed by atoms with E-state index < -0.39 is 0 Å². The lowest BCUT2D eigenvalue weighted by Gasteiger charge is -2.05. The van der Waals surface area contributed by atoms with Crippen molar-refractivity contribution in [3.63, 3.8) is 0 Å². The molecule has 0 atom stereocenters. The normalized spacial score (nSPS) is 10.1. The van der Waals surface area contributed by atoms with Crippen LogP contribution in [-0.2, 0) is 0 Å². The third-order valence-corrected chi connectivity index (χ3v) is 3.77. The fraction of sp³-hybridized carbons (Fsp3) is 0.100. The summed E-state index contributed by atoms with van der Waals surface area (Å²) in [5.74, 6) is 0.693. The second-order valence-corrected chi connectivity index (χ2v) is 4.79. The van der Waals surface area contributed by atoms with E-state index in [1.54, 1.807) is 18.4 Å². The van der Waals surface area contributed by atoms with Gasteiger partial charge in [0.25, 0.3) is 0 Å². The Labute approximate surface area is 99.3 Å². The van der Waals surface area contributed by atoms with Crippen molar-refractivity contribution in [3.8, 4) is 11.8 Å². The van der Waals surface area contributed by atoms with Gasteiger partial charge < -0.3 is 4.74 Å². The molecule has 0 amide bonds. The molecule has 1 aromatic heterocycles. The van der Waals surface area contributed by atoms with Crippen LogP contribution in [0.4, 0.5) is 0 Å². The van der Waals surface area contributed by atoms with Crippen LogP contribution in [0.15, 0.2) is 17.5 Å². The molecule has 0 fully saturated rings. The highest BCUT2D eigenvalue weighted by molar-refractivity contribution is 14.1. The highest BCUT2D eigenvalue weighted by Gasteiger charge is 2.11. The number of nitriles is 1. The zero-order valence-corrected chi connectivity index (χ0v) is 10.3. The van der Waals surface area contributed by atoms with Gasteiger partial charge in [0.05, 0.1) is 17.4 Å². The molecule has 0 aliphatic rings. The van der Waals surface area contributed by atoms with E-state index in [1.165, 1.54) is 0 Å². The van der Waals surface area contributed by atoms with Crippen LogP contribution in [0.5, 0.6) is 5.75 Å². The molecule has 14 heavy (non-hydrogen) atoms. The summed E-state index contributed by atoms with van der Waals surface area (Å²) < 4.78 is 7.39. The van der Waals surface area contributed by atoms with Gasteiger partial charge in [0.2, 0.25) is 0 Å². The van der Waals surface area contributed by atoms with Gasteiger partial charge in [-0.2, -0.15) is 5.26 Å². The fourth-order valence-corrected chi connectivity index (χ4v) is 3.24. The molecular formula is C10H6INOS. The Bertz CT molecular complexity index is 527. The molecule has 1 aromatic carbocycles. The molecule has 0 N–H and O–H groups in total. The van der Waals surface area contributed by atoms with E-state index in [4.69, 9.17) is 10.00 Å². The predicted octanol–water partition coefficient (Wildman–Crippen LogP) is 3.39. The summed E-state index contributed by atoms with van der Waals surface area (Å²) >= 11 is 3.84. The van der Waals surface area contributed by atoms with Crippen LogP contribution in [0.1, 0.15) is 5.56 Å². The third kappa shape index (κ3) is 1.37. The van der Waals surface area contributed by atoms with Gasteiger partial charge in [-0.3, -0.25) is 0 Å². The number of nitrogens with zero attached hydrogens (tertiary/aromatic N) is 1. The quantitative estimate of drug-likeness (QED) is 0.756. The number of ether oxygens (including phenoxy) is 1. The van der Waals surface area contributed by atoms with Crippen molar-refractivity contribution in [3.05, 3.63) is 26.6 Å². The lowest BCUT2D eigenvalue weighted by Crippen LogP contribution is -1.89. The molecule has 0 aliphatic carbocycles. The molecule has 2 rings (SSSR count). The Morgan fingerprint density at radius 3 is 3.00 bits per heavy atom. The van der Waals surface area contributed by atoms with Gasteiger partial charge in [0.15, 0.2) is 5.75 Å². The number of methoxy groups -OCH3 is 1. The van der Waals surface area contributed by atoms with Crippen LogP contribution in [0.3, 0.4) is 0 Å². The number of fused-ring (bicyclic) bond motifs is 1. The molecule has 0 spiro atoms. The first-order chi connectivity index (χ1) is 6.77. The zero-order chi connectivity index (χ0) is 10.1. The number of hydrogen-bond acceptors (Lipinski definition) is 3. The fourth-order valence-electron chi connectivity index (χ4n) is 1.35. The highest BCUT2D eigenvalue weighted by atomic mass is 127. The van der Waals surface area contributed by atoms with Gasteiger partial charge in [-0.1, -0.05) is 0 Å². The largest absolute Gasteiger partial charge is 0.494 e. The molecule has 2 nitrogen and oxygen atoms in total. The molecule has 0 bridgehead atoms. The minimum atomic E-state index is 0.604. The third-order valence-electron chi connectivity index (χ3n) is 1.97. The summed E-state index contributed by atoms with van der Waals surface area (Å²) in [5, 5.41) is 12.1. The molecule has 4 heteroatoms. The van der Waals surface area contributed by atoms with E-state index in [-0.39, 0.29) is 0 Å². The monoisotopic (exact) mass is 315 g/mol. The number of halogens is 1. The summed E-state index contributed by atoms with van der Waals surface area (Å²) in [4.78, 5) is 0. The van der Waals surface area contributed by atoms with Crippen molar-refractivity contribution in [2.45, 2.75) is 0 Å². The molecule has 0 saturated heterocycles. The topological polar surface area (TPSA) is 33.0 Å². The molecular weight excluding hydrogens is 309 g/mol. The minimum absolute atomic E-state index is 0.604. The maximum Gasteiger partial charge on any atom is 0.154 e. The second-order valence-electron chi connectivity index (χ2n) is 2.71. The summed E-state index contributed by atoms with van der Waals surface area (Å²) in [5.41, 5.74) is 0.604. The van der Waals surface area contributed by atoms with Crippen molar-refractivity contribution in [2.75, 3.05) is 7.11 Å².